The summed E-state index contributed by atoms with van der Waals surface area (Å²) in [6, 6.07) is 2.82. The topological polar surface area (TPSA) is 94.2 Å². The number of hydrogen-bond donors (Lipinski definition) is 2. The SMILES string of the molecule is Nc1cc(O)c(Oc2ncncn2)c(Cl)c1. The van der Waals surface area contributed by atoms with Crippen LogP contribution in [0.1, 0.15) is 0 Å². The number of nitrogens with two attached hydrogens (primary N) is 1. The summed E-state index contributed by atoms with van der Waals surface area (Å²) in [7, 11) is 0. The summed E-state index contributed by atoms with van der Waals surface area (Å²) in [5.74, 6) is -0.118. The minimum absolute atomic E-state index is 0.0389. The number of rotatable bonds is 2. The lowest BCUT2D eigenvalue weighted by molar-refractivity contribution is 0.391. The lowest BCUT2D eigenvalue weighted by Gasteiger charge is -2.07. The minimum atomic E-state index is -0.176. The van der Waals surface area contributed by atoms with Crippen LogP contribution >= 0.6 is 11.6 Å². The van der Waals surface area contributed by atoms with E-state index in [-0.39, 0.29) is 22.5 Å². The van der Waals surface area contributed by atoms with Crippen molar-refractivity contribution in [3.8, 4) is 17.5 Å². The predicted molar refractivity (Wildman–Crippen MR) is 57.4 cm³/mol. The number of aromatic nitrogens is 3. The predicted octanol–water partition coefficient (Wildman–Crippen LogP) is 1.61. The third-order valence-electron chi connectivity index (χ3n) is 1.71. The van der Waals surface area contributed by atoms with Crippen LogP contribution < -0.4 is 10.5 Å². The number of nitrogen functional groups attached to an aromatic ring is 1. The molecule has 2 aromatic rings. The zero-order valence-electron chi connectivity index (χ0n) is 7.96. The Labute approximate surface area is 95.7 Å². The van der Waals surface area contributed by atoms with Crippen molar-refractivity contribution in [1.29, 1.82) is 0 Å². The average molecular weight is 239 g/mol. The summed E-state index contributed by atoms with van der Waals surface area (Å²) in [5, 5.41) is 9.75. The molecule has 3 N–H and O–H groups in total. The summed E-state index contributed by atoms with van der Waals surface area (Å²) in [5.41, 5.74) is 5.82. The quantitative estimate of drug-likeness (QED) is 0.772. The normalized spacial score (nSPS) is 10.1. The molecular weight excluding hydrogens is 232 g/mol. The fraction of sp³-hybridized carbons (Fsp3) is 0. The molecule has 0 aliphatic carbocycles. The maximum Gasteiger partial charge on any atom is 0.325 e. The molecule has 0 unspecified atom stereocenters. The highest BCUT2D eigenvalue weighted by atomic mass is 35.5. The number of aromatic hydroxyl groups is 1. The molecule has 1 aromatic heterocycles. The number of phenols is 1. The van der Waals surface area contributed by atoms with Crippen molar-refractivity contribution in [2.24, 2.45) is 0 Å². The summed E-state index contributed by atoms with van der Waals surface area (Å²) >= 11 is 5.85. The van der Waals surface area contributed by atoms with E-state index < -0.39 is 0 Å². The first-order valence-electron chi connectivity index (χ1n) is 4.24. The number of halogens is 1. The molecule has 6 nitrogen and oxygen atoms in total. The highest BCUT2D eigenvalue weighted by Crippen LogP contribution is 2.38. The Bertz CT molecular complexity index is 483. The highest BCUT2D eigenvalue weighted by Gasteiger charge is 2.11. The van der Waals surface area contributed by atoms with E-state index >= 15 is 0 Å². The minimum Gasteiger partial charge on any atom is -0.504 e. The van der Waals surface area contributed by atoms with Gasteiger partial charge in [0.1, 0.15) is 12.7 Å². The van der Waals surface area contributed by atoms with Crippen molar-refractivity contribution in [3.63, 3.8) is 0 Å². The molecule has 0 amide bonds. The molecule has 0 radical (unpaired) electrons. The van der Waals surface area contributed by atoms with Gasteiger partial charge >= 0.3 is 6.01 Å². The van der Waals surface area contributed by atoms with Crippen molar-refractivity contribution in [2.45, 2.75) is 0 Å². The van der Waals surface area contributed by atoms with Gasteiger partial charge < -0.3 is 15.6 Å². The highest BCUT2D eigenvalue weighted by molar-refractivity contribution is 6.32. The number of anilines is 1. The Hall–Kier alpha value is -2.08. The van der Waals surface area contributed by atoms with Crippen molar-refractivity contribution >= 4 is 17.3 Å². The van der Waals surface area contributed by atoms with E-state index in [1.165, 1.54) is 24.8 Å². The van der Waals surface area contributed by atoms with E-state index in [1.54, 1.807) is 0 Å². The Balaban J connectivity index is 2.35. The van der Waals surface area contributed by atoms with Gasteiger partial charge in [0.05, 0.1) is 5.02 Å². The first-order valence-corrected chi connectivity index (χ1v) is 4.62. The second kappa shape index (κ2) is 4.19. The van der Waals surface area contributed by atoms with Gasteiger partial charge in [-0.2, -0.15) is 9.97 Å². The lowest BCUT2D eigenvalue weighted by atomic mass is 10.3. The van der Waals surface area contributed by atoms with Gasteiger partial charge in [-0.1, -0.05) is 11.6 Å². The summed E-state index contributed by atoms with van der Waals surface area (Å²) in [6.45, 7) is 0. The van der Waals surface area contributed by atoms with Crippen LogP contribution in [0.15, 0.2) is 24.8 Å². The van der Waals surface area contributed by atoms with E-state index in [9.17, 15) is 5.11 Å². The number of benzene rings is 1. The zero-order chi connectivity index (χ0) is 11.5. The molecule has 1 aromatic carbocycles. The van der Waals surface area contributed by atoms with Crippen molar-refractivity contribution in [1.82, 2.24) is 15.0 Å². The first kappa shape index (κ1) is 10.4. The molecule has 16 heavy (non-hydrogen) atoms. The zero-order valence-corrected chi connectivity index (χ0v) is 8.72. The van der Waals surface area contributed by atoms with E-state index in [2.05, 4.69) is 15.0 Å². The molecule has 1 heterocycles. The maximum absolute atomic E-state index is 9.57. The van der Waals surface area contributed by atoms with Crippen molar-refractivity contribution in [3.05, 3.63) is 29.8 Å². The van der Waals surface area contributed by atoms with E-state index in [0.717, 1.165) is 0 Å². The van der Waals surface area contributed by atoms with Crippen LogP contribution in [0.5, 0.6) is 17.5 Å². The van der Waals surface area contributed by atoms with E-state index in [1.807, 2.05) is 0 Å². The molecule has 0 spiro atoms. The summed E-state index contributed by atoms with van der Waals surface area (Å²) in [6.07, 6.45) is 2.54. The Kier molecular flexibility index (Phi) is 2.74. The van der Waals surface area contributed by atoms with Gasteiger partial charge in [0, 0.05) is 11.8 Å². The van der Waals surface area contributed by atoms with Gasteiger partial charge in [-0.15, -0.1) is 0 Å². The van der Waals surface area contributed by atoms with Crippen LogP contribution in [0.2, 0.25) is 5.02 Å². The van der Waals surface area contributed by atoms with Crippen LogP contribution in [0.25, 0.3) is 0 Å². The molecule has 0 saturated heterocycles. The smallest absolute Gasteiger partial charge is 0.325 e. The van der Waals surface area contributed by atoms with Crippen LogP contribution in [-0.4, -0.2) is 20.1 Å². The molecule has 7 heteroatoms. The van der Waals surface area contributed by atoms with Gasteiger partial charge in [0.25, 0.3) is 0 Å². The van der Waals surface area contributed by atoms with Crippen LogP contribution in [0.3, 0.4) is 0 Å². The van der Waals surface area contributed by atoms with Crippen LogP contribution in [0, 0.1) is 0 Å². The Morgan fingerprint density at radius 3 is 2.56 bits per heavy atom. The van der Waals surface area contributed by atoms with Gasteiger partial charge in [-0.3, -0.25) is 0 Å². The third-order valence-corrected chi connectivity index (χ3v) is 1.99. The van der Waals surface area contributed by atoms with Gasteiger partial charge in [0.15, 0.2) is 11.5 Å². The van der Waals surface area contributed by atoms with Crippen LogP contribution in [-0.2, 0) is 0 Å². The first-order chi connectivity index (χ1) is 7.66. The van der Waals surface area contributed by atoms with Crippen molar-refractivity contribution in [2.75, 3.05) is 5.73 Å². The molecule has 2 rings (SSSR count). The monoisotopic (exact) mass is 238 g/mol. The molecule has 0 bridgehead atoms. The molecular formula is C9H7ClN4O2. The summed E-state index contributed by atoms with van der Waals surface area (Å²) < 4.78 is 5.20. The third kappa shape index (κ3) is 2.12. The Morgan fingerprint density at radius 1 is 1.25 bits per heavy atom. The second-order valence-corrected chi connectivity index (χ2v) is 3.28. The molecule has 0 saturated carbocycles. The molecule has 0 atom stereocenters. The van der Waals surface area contributed by atoms with E-state index in [4.69, 9.17) is 22.1 Å². The molecule has 0 aliphatic rings. The number of phenolic OH excluding ortho intramolecular Hbond substituents is 1. The second-order valence-electron chi connectivity index (χ2n) is 2.87. The fourth-order valence-corrected chi connectivity index (χ4v) is 1.33. The lowest BCUT2D eigenvalue weighted by Crippen LogP contribution is -1.94. The number of nitrogens with zero attached hydrogens (tertiary/aromatic N) is 3. The molecule has 0 aliphatic heterocycles. The standard InChI is InChI=1S/C9H7ClN4O2/c10-6-1-5(11)2-7(15)8(6)16-9-13-3-12-4-14-9/h1-4,15H,11H2. The Morgan fingerprint density at radius 2 is 1.94 bits per heavy atom. The average Bonchev–Trinajstić information content (AvgIpc) is 2.25. The number of hydrogen-bond acceptors (Lipinski definition) is 6. The maximum atomic E-state index is 9.57. The fourth-order valence-electron chi connectivity index (χ4n) is 1.07. The van der Waals surface area contributed by atoms with Crippen molar-refractivity contribution < 1.29 is 9.84 Å². The van der Waals surface area contributed by atoms with Gasteiger partial charge in [-0.25, -0.2) is 4.98 Å². The summed E-state index contributed by atoms with van der Waals surface area (Å²) in [4.78, 5) is 11.1. The molecule has 82 valence electrons. The molecule has 0 fully saturated rings. The van der Waals surface area contributed by atoms with Gasteiger partial charge in [-0.05, 0) is 6.07 Å². The number of ether oxygens (including phenoxy) is 1. The largest absolute Gasteiger partial charge is 0.504 e. The van der Waals surface area contributed by atoms with Gasteiger partial charge in [0.2, 0.25) is 0 Å². The van der Waals surface area contributed by atoms with Crippen LogP contribution in [0.4, 0.5) is 5.69 Å². The van der Waals surface area contributed by atoms with E-state index in [0.29, 0.717) is 5.69 Å².